The topological polar surface area (TPSA) is 23.6 Å². The molecule has 17 heavy (non-hydrogen) atoms. The molecule has 0 aromatic heterocycles. The van der Waals surface area contributed by atoms with Crippen molar-refractivity contribution in [1.82, 2.24) is 9.80 Å². The maximum absolute atomic E-state index is 11.6. The molecule has 2 fully saturated rings. The van der Waals surface area contributed by atoms with Gasteiger partial charge in [0, 0.05) is 19.5 Å². The van der Waals surface area contributed by atoms with Gasteiger partial charge < -0.3 is 9.80 Å². The van der Waals surface area contributed by atoms with E-state index < -0.39 is 0 Å². The van der Waals surface area contributed by atoms with Crippen molar-refractivity contribution in [2.24, 2.45) is 5.92 Å². The van der Waals surface area contributed by atoms with Gasteiger partial charge in [-0.25, -0.2) is 0 Å². The molecule has 4 heteroatoms. The van der Waals surface area contributed by atoms with E-state index in [1.165, 1.54) is 32.5 Å². The van der Waals surface area contributed by atoms with Crippen molar-refractivity contribution in [3.8, 4) is 0 Å². The number of halogens is 1. The quantitative estimate of drug-likeness (QED) is 0.720. The standard InChI is InChI=1S/C13H23ClN2O/c1-2-15-6-3-11(4-7-15)5-8-16-10-12(14)9-13(16)17/h11-12H,2-10H2,1H3. The van der Waals surface area contributed by atoms with Crippen LogP contribution in [0.25, 0.3) is 0 Å². The Balaban J connectivity index is 1.67. The lowest BCUT2D eigenvalue weighted by Gasteiger charge is -2.31. The molecule has 0 aromatic carbocycles. The van der Waals surface area contributed by atoms with Gasteiger partial charge in [-0.2, -0.15) is 0 Å². The van der Waals surface area contributed by atoms with E-state index >= 15 is 0 Å². The first-order chi connectivity index (χ1) is 8.19. The van der Waals surface area contributed by atoms with Gasteiger partial charge >= 0.3 is 0 Å². The van der Waals surface area contributed by atoms with Crippen LogP contribution in [-0.2, 0) is 4.79 Å². The Kier molecular flexibility index (Phi) is 4.69. The molecule has 0 bridgehead atoms. The van der Waals surface area contributed by atoms with Gasteiger partial charge in [-0.05, 0) is 44.8 Å². The summed E-state index contributed by atoms with van der Waals surface area (Å²) in [6, 6.07) is 0. The highest BCUT2D eigenvalue weighted by Crippen LogP contribution is 2.23. The zero-order chi connectivity index (χ0) is 12.3. The van der Waals surface area contributed by atoms with Gasteiger partial charge in [0.1, 0.15) is 0 Å². The van der Waals surface area contributed by atoms with Gasteiger partial charge in [-0.15, -0.1) is 11.6 Å². The van der Waals surface area contributed by atoms with Crippen molar-refractivity contribution in [3.05, 3.63) is 0 Å². The Morgan fingerprint density at radius 3 is 2.59 bits per heavy atom. The number of piperidine rings is 1. The summed E-state index contributed by atoms with van der Waals surface area (Å²) in [5, 5.41) is 0.0458. The fraction of sp³-hybridized carbons (Fsp3) is 0.923. The number of carbonyl (C=O) groups excluding carboxylic acids is 1. The summed E-state index contributed by atoms with van der Waals surface area (Å²) in [6.07, 6.45) is 4.28. The van der Waals surface area contributed by atoms with Crippen molar-refractivity contribution >= 4 is 17.5 Å². The number of hydrogen-bond donors (Lipinski definition) is 0. The fourth-order valence-electron chi connectivity index (χ4n) is 2.87. The van der Waals surface area contributed by atoms with Gasteiger partial charge in [0.05, 0.1) is 5.38 Å². The van der Waals surface area contributed by atoms with Crippen molar-refractivity contribution in [2.45, 2.75) is 38.0 Å². The fourth-order valence-corrected chi connectivity index (χ4v) is 3.17. The molecule has 2 rings (SSSR count). The molecule has 2 aliphatic rings. The molecule has 0 spiro atoms. The minimum atomic E-state index is 0.0458. The minimum Gasteiger partial charge on any atom is -0.341 e. The second kappa shape index (κ2) is 6.05. The number of amides is 1. The summed E-state index contributed by atoms with van der Waals surface area (Å²) < 4.78 is 0. The highest BCUT2D eigenvalue weighted by atomic mass is 35.5. The van der Waals surface area contributed by atoms with Crippen LogP contribution in [-0.4, -0.2) is 53.8 Å². The van der Waals surface area contributed by atoms with E-state index in [9.17, 15) is 4.79 Å². The number of nitrogens with zero attached hydrogens (tertiary/aromatic N) is 2. The van der Waals surface area contributed by atoms with Crippen LogP contribution in [0.2, 0.25) is 0 Å². The van der Waals surface area contributed by atoms with E-state index in [1.54, 1.807) is 0 Å². The maximum Gasteiger partial charge on any atom is 0.224 e. The second-order valence-corrected chi connectivity index (χ2v) is 5.92. The Labute approximate surface area is 109 Å². The summed E-state index contributed by atoms with van der Waals surface area (Å²) in [5.74, 6) is 1.05. The first-order valence-electron chi connectivity index (χ1n) is 6.83. The van der Waals surface area contributed by atoms with E-state index in [4.69, 9.17) is 11.6 Å². The molecule has 1 unspecified atom stereocenters. The number of carbonyl (C=O) groups is 1. The smallest absolute Gasteiger partial charge is 0.224 e. The lowest BCUT2D eigenvalue weighted by Crippen LogP contribution is -2.35. The molecule has 0 saturated carbocycles. The zero-order valence-electron chi connectivity index (χ0n) is 10.7. The van der Waals surface area contributed by atoms with Crippen molar-refractivity contribution in [3.63, 3.8) is 0 Å². The predicted molar refractivity (Wildman–Crippen MR) is 70.3 cm³/mol. The Morgan fingerprint density at radius 2 is 2.06 bits per heavy atom. The van der Waals surface area contributed by atoms with Crippen molar-refractivity contribution < 1.29 is 4.79 Å². The third-order valence-corrected chi connectivity index (χ3v) is 4.42. The van der Waals surface area contributed by atoms with Crippen LogP contribution < -0.4 is 0 Å². The van der Waals surface area contributed by atoms with Gasteiger partial charge in [0.25, 0.3) is 0 Å². The number of likely N-dealkylation sites (tertiary alicyclic amines) is 2. The van der Waals surface area contributed by atoms with E-state index in [0.717, 1.165) is 25.4 Å². The summed E-state index contributed by atoms with van der Waals surface area (Å²) in [6.45, 7) is 7.53. The molecule has 2 saturated heterocycles. The Bertz CT molecular complexity index is 264. The van der Waals surface area contributed by atoms with Gasteiger partial charge in [0.2, 0.25) is 5.91 Å². The third kappa shape index (κ3) is 3.59. The van der Waals surface area contributed by atoms with Gasteiger partial charge in [0.15, 0.2) is 0 Å². The average Bonchev–Trinajstić information content (AvgIpc) is 2.66. The normalized spacial score (nSPS) is 28.0. The van der Waals surface area contributed by atoms with Crippen LogP contribution in [0, 0.1) is 5.92 Å². The zero-order valence-corrected chi connectivity index (χ0v) is 11.5. The summed E-state index contributed by atoms with van der Waals surface area (Å²) >= 11 is 5.99. The molecular formula is C13H23ClN2O. The average molecular weight is 259 g/mol. The first-order valence-corrected chi connectivity index (χ1v) is 7.27. The molecule has 0 aromatic rings. The maximum atomic E-state index is 11.6. The molecule has 1 amide bonds. The second-order valence-electron chi connectivity index (χ2n) is 5.31. The summed E-state index contributed by atoms with van der Waals surface area (Å²) in [4.78, 5) is 16.0. The van der Waals surface area contributed by atoms with Crippen LogP contribution >= 0.6 is 11.6 Å². The van der Waals surface area contributed by atoms with Crippen LogP contribution in [0.3, 0.4) is 0 Å². The van der Waals surface area contributed by atoms with E-state index in [2.05, 4.69) is 11.8 Å². The molecule has 2 heterocycles. The van der Waals surface area contributed by atoms with E-state index in [-0.39, 0.29) is 11.3 Å². The molecule has 0 N–H and O–H groups in total. The molecule has 98 valence electrons. The largest absolute Gasteiger partial charge is 0.341 e. The monoisotopic (exact) mass is 258 g/mol. The number of rotatable bonds is 4. The minimum absolute atomic E-state index is 0.0458. The van der Waals surface area contributed by atoms with Crippen molar-refractivity contribution in [2.75, 3.05) is 32.7 Å². The lowest BCUT2D eigenvalue weighted by molar-refractivity contribution is -0.127. The highest BCUT2D eigenvalue weighted by molar-refractivity contribution is 6.22. The van der Waals surface area contributed by atoms with E-state index in [1.807, 2.05) is 4.90 Å². The molecule has 0 radical (unpaired) electrons. The number of hydrogen-bond acceptors (Lipinski definition) is 2. The van der Waals surface area contributed by atoms with Gasteiger partial charge in [-0.1, -0.05) is 6.92 Å². The highest BCUT2D eigenvalue weighted by Gasteiger charge is 2.28. The van der Waals surface area contributed by atoms with Crippen LogP contribution in [0.4, 0.5) is 0 Å². The van der Waals surface area contributed by atoms with Crippen LogP contribution in [0.1, 0.15) is 32.6 Å². The predicted octanol–water partition coefficient (Wildman–Crippen LogP) is 1.95. The molecular weight excluding hydrogens is 236 g/mol. The first kappa shape index (κ1) is 13.2. The molecule has 0 aliphatic carbocycles. The molecule has 3 nitrogen and oxygen atoms in total. The Hall–Kier alpha value is -0.280. The number of alkyl halides is 1. The van der Waals surface area contributed by atoms with Crippen molar-refractivity contribution in [1.29, 1.82) is 0 Å². The summed E-state index contributed by atoms with van der Waals surface area (Å²) in [5.41, 5.74) is 0. The molecule has 2 aliphatic heterocycles. The van der Waals surface area contributed by atoms with Crippen LogP contribution in [0.5, 0.6) is 0 Å². The third-order valence-electron chi connectivity index (χ3n) is 4.13. The van der Waals surface area contributed by atoms with Crippen LogP contribution in [0.15, 0.2) is 0 Å². The van der Waals surface area contributed by atoms with E-state index in [0.29, 0.717) is 6.42 Å². The van der Waals surface area contributed by atoms with Gasteiger partial charge in [-0.3, -0.25) is 4.79 Å². The Morgan fingerprint density at radius 1 is 1.35 bits per heavy atom. The lowest BCUT2D eigenvalue weighted by atomic mass is 9.93. The molecule has 1 atom stereocenters. The SMILES string of the molecule is CCN1CCC(CCN2CC(Cl)CC2=O)CC1. The summed E-state index contributed by atoms with van der Waals surface area (Å²) in [7, 11) is 0.